The fraction of sp³-hybridized carbons (Fsp3) is 0.111. The fourth-order valence-corrected chi connectivity index (χ4v) is 2.05. The normalized spacial score (nSPS) is 15.2. The lowest BCUT2D eigenvalue weighted by molar-refractivity contribution is -0.115. The van der Waals surface area contributed by atoms with Crippen molar-refractivity contribution in [2.75, 3.05) is 11.9 Å². The van der Waals surface area contributed by atoms with Crippen LogP contribution in [0, 0.1) is 3.57 Å². The van der Waals surface area contributed by atoms with Crippen molar-refractivity contribution in [3.63, 3.8) is 0 Å². The Labute approximate surface area is 94.2 Å². The summed E-state index contributed by atoms with van der Waals surface area (Å²) in [5, 5.41) is 5.20. The number of hydrogen-bond donors (Lipinski definition) is 2. The highest BCUT2D eigenvalue weighted by Gasteiger charge is 2.20. The first kappa shape index (κ1) is 9.45. The minimum atomic E-state index is -0.205. The summed E-state index contributed by atoms with van der Waals surface area (Å²) in [7, 11) is 0. The van der Waals surface area contributed by atoms with Crippen molar-refractivity contribution in [3.8, 4) is 0 Å². The molecule has 14 heavy (non-hydrogen) atoms. The molecule has 0 radical (unpaired) electrons. The third-order valence-electron chi connectivity index (χ3n) is 1.92. The molecule has 0 saturated carbocycles. The van der Waals surface area contributed by atoms with E-state index in [-0.39, 0.29) is 18.4 Å². The molecule has 0 spiro atoms. The Morgan fingerprint density at radius 3 is 2.86 bits per heavy atom. The van der Waals surface area contributed by atoms with Gasteiger partial charge >= 0.3 is 0 Å². The van der Waals surface area contributed by atoms with Gasteiger partial charge in [-0.3, -0.25) is 9.59 Å². The molecule has 0 fully saturated rings. The number of amides is 2. The zero-order chi connectivity index (χ0) is 10.1. The third-order valence-corrected chi connectivity index (χ3v) is 2.82. The highest BCUT2D eigenvalue weighted by Crippen LogP contribution is 2.22. The summed E-state index contributed by atoms with van der Waals surface area (Å²) < 4.78 is 0.833. The lowest BCUT2D eigenvalue weighted by atomic mass is 10.1. The molecular weight excluding hydrogens is 295 g/mol. The van der Waals surface area contributed by atoms with Gasteiger partial charge in [0, 0.05) is 3.57 Å². The number of carbonyl (C=O) groups excluding carboxylic acids is 2. The van der Waals surface area contributed by atoms with Crippen LogP contribution in [-0.4, -0.2) is 18.4 Å². The molecule has 0 bridgehead atoms. The number of carbonyl (C=O) groups is 2. The molecule has 1 aromatic rings. The van der Waals surface area contributed by atoms with E-state index in [0.29, 0.717) is 11.3 Å². The molecule has 5 heteroatoms. The maximum absolute atomic E-state index is 11.6. The van der Waals surface area contributed by atoms with E-state index >= 15 is 0 Å². The van der Waals surface area contributed by atoms with Gasteiger partial charge in [0.25, 0.3) is 5.91 Å². The summed E-state index contributed by atoms with van der Waals surface area (Å²) in [5.74, 6) is -0.401. The van der Waals surface area contributed by atoms with E-state index < -0.39 is 0 Å². The Balaban J connectivity index is 2.57. The van der Waals surface area contributed by atoms with Gasteiger partial charge in [-0.15, -0.1) is 0 Å². The van der Waals surface area contributed by atoms with Crippen molar-refractivity contribution >= 4 is 40.1 Å². The van der Waals surface area contributed by atoms with Crippen LogP contribution in [0.15, 0.2) is 18.2 Å². The zero-order valence-electron chi connectivity index (χ0n) is 7.13. The molecule has 4 nitrogen and oxygen atoms in total. The number of fused-ring (bicyclic) bond motifs is 1. The Kier molecular flexibility index (Phi) is 2.40. The van der Waals surface area contributed by atoms with Crippen LogP contribution in [0.5, 0.6) is 0 Å². The van der Waals surface area contributed by atoms with Crippen LogP contribution in [0.3, 0.4) is 0 Å². The molecular formula is C9H7IN2O2. The first-order valence-electron chi connectivity index (χ1n) is 4.05. The van der Waals surface area contributed by atoms with Crippen molar-refractivity contribution < 1.29 is 9.59 Å². The molecule has 1 heterocycles. The van der Waals surface area contributed by atoms with E-state index in [1.165, 1.54) is 0 Å². The molecule has 1 aliphatic heterocycles. The summed E-state index contributed by atoms with van der Waals surface area (Å²) in [5.41, 5.74) is 1.12. The molecule has 72 valence electrons. The average molecular weight is 302 g/mol. The number of rotatable bonds is 0. The Morgan fingerprint density at radius 2 is 2.07 bits per heavy atom. The van der Waals surface area contributed by atoms with Crippen LogP contribution in [0.2, 0.25) is 0 Å². The lowest BCUT2D eigenvalue weighted by Gasteiger charge is -2.05. The molecule has 0 aromatic heterocycles. The quantitative estimate of drug-likeness (QED) is 0.702. The van der Waals surface area contributed by atoms with E-state index in [1.807, 2.05) is 6.07 Å². The molecule has 0 saturated heterocycles. The third kappa shape index (κ3) is 1.59. The summed E-state index contributed by atoms with van der Waals surface area (Å²) in [4.78, 5) is 22.7. The summed E-state index contributed by atoms with van der Waals surface area (Å²) in [6.45, 7) is 0.0313. The first-order valence-corrected chi connectivity index (χ1v) is 5.13. The zero-order valence-corrected chi connectivity index (χ0v) is 9.29. The monoisotopic (exact) mass is 302 g/mol. The van der Waals surface area contributed by atoms with Crippen LogP contribution in [0.4, 0.5) is 5.69 Å². The van der Waals surface area contributed by atoms with E-state index in [4.69, 9.17) is 0 Å². The molecule has 0 unspecified atom stereocenters. The molecule has 0 aliphatic carbocycles. The maximum atomic E-state index is 11.6. The number of benzene rings is 1. The molecule has 0 atom stereocenters. The highest BCUT2D eigenvalue weighted by atomic mass is 127. The van der Waals surface area contributed by atoms with Gasteiger partial charge in [-0.05, 0) is 34.7 Å². The number of nitrogens with one attached hydrogen (secondary N) is 2. The van der Waals surface area contributed by atoms with E-state index in [9.17, 15) is 9.59 Å². The van der Waals surface area contributed by atoms with Crippen molar-refractivity contribution in [2.24, 2.45) is 0 Å². The van der Waals surface area contributed by atoms with Crippen LogP contribution in [0.1, 0.15) is 10.4 Å². The van der Waals surface area contributed by atoms with Crippen molar-refractivity contribution in [1.29, 1.82) is 0 Å². The topological polar surface area (TPSA) is 58.2 Å². The van der Waals surface area contributed by atoms with E-state index in [0.717, 1.165) is 3.57 Å². The Morgan fingerprint density at radius 1 is 1.29 bits per heavy atom. The van der Waals surface area contributed by atoms with Gasteiger partial charge in [0.15, 0.2) is 0 Å². The van der Waals surface area contributed by atoms with Gasteiger partial charge in [-0.1, -0.05) is 6.07 Å². The standard InChI is InChI=1S/C9H7IN2O2/c10-5-2-1-3-6-8(5)9(14)11-4-7(13)12-6/h1-3H,4H2,(H,11,14)(H,12,13). The number of anilines is 1. The highest BCUT2D eigenvalue weighted by molar-refractivity contribution is 14.1. The fourth-order valence-electron chi connectivity index (χ4n) is 1.30. The van der Waals surface area contributed by atoms with Crippen molar-refractivity contribution in [3.05, 3.63) is 27.3 Å². The van der Waals surface area contributed by atoms with Gasteiger partial charge in [-0.2, -0.15) is 0 Å². The largest absolute Gasteiger partial charge is 0.343 e. The predicted molar refractivity (Wildman–Crippen MR) is 60.1 cm³/mol. The molecule has 2 amide bonds. The van der Waals surface area contributed by atoms with Gasteiger partial charge in [0.1, 0.15) is 0 Å². The second-order valence-electron chi connectivity index (χ2n) is 2.89. The SMILES string of the molecule is O=C1CNC(=O)c2c(I)cccc2N1. The number of hydrogen-bond acceptors (Lipinski definition) is 2. The van der Waals surface area contributed by atoms with Gasteiger partial charge in [-0.25, -0.2) is 0 Å². The van der Waals surface area contributed by atoms with Crippen LogP contribution in [0.25, 0.3) is 0 Å². The second kappa shape index (κ2) is 3.56. The van der Waals surface area contributed by atoms with E-state index in [1.54, 1.807) is 12.1 Å². The van der Waals surface area contributed by atoms with Gasteiger partial charge in [0.05, 0.1) is 17.8 Å². The van der Waals surface area contributed by atoms with Crippen LogP contribution < -0.4 is 10.6 Å². The Hall–Kier alpha value is -1.11. The molecule has 2 rings (SSSR count). The van der Waals surface area contributed by atoms with Crippen LogP contribution >= 0.6 is 22.6 Å². The minimum Gasteiger partial charge on any atom is -0.343 e. The van der Waals surface area contributed by atoms with Crippen LogP contribution in [-0.2, 0) is 4.79 Å². The first-order chi connectivity index (χ1) is 6.68. The summed E-state index contributed by atoms with van der Waals surface area (Å²) in [6, 6.07) is 5.36. The maximum Gasteiger partial charge on any atom is 0.254 e. The number of halogens is 1. The summed E-state index contributed by atoms with van der Waals surface area (Å²) >= 11 is 2.07. The predicted octanol–water partition coefficient (Wildman–Crippen LogP) is 0.973. The van der Waals surface area contributed by atoms with Gasteiger partial charge in [0.2, 0.25) is 5.91 Å². The lowest BCUT2D eigenvalue weighted by Crippen LogP contribution is -2.28. The van der Waals surface area contributed by atoms with E-state index in [2.05, 4.69) is 33.2 Å². The molecule has 1 aromatic carbocycles. The molecule has 2 N–H and O–H groups in total. The Bertz CT molecular complexity index is 417. The second-order valence-corrected chi connectivity index (χ2v) is 4.06. The van der Waals surface area contributed by atoms with Gasteiger partial charge < -0.3 is 10.6 Å². The molecule has 1 aliphatic rings. The van der Waals surface area contributed by atoms with Crippen molar-refractivity contribution in [2.45, 2.75) is 0 Å². The van der Waals surface area contributed by atoms with Crippen molar-refractivity contribution in [1.82, 2.24) is 5.32 Å². The minimum absolute atomic E-state index is 0.0313. The summed E-state index contributed by atoms with van der Waals surface area (Å²) in [6.07, 6.45) is 0. The smallest absolute Gasteiger partial charge is 0.254 e. The average Bonchev–Trinajstić information content (AvgIpc) is 2.27.